The number of nitrogens with one attached hydrogen (secondary N) is 1. The van der Waals surface area contributed by atoms with Gasteiger partial charge in [-0.25, -0.2) is 13.1 Å². The van der Waals surface area contributed by atoms with E-state index in [2.05, 4.69) is 21.8 Å². The van der Waals surface area contributed by atoms with Crippen molar-refractivity contribution < 1.29 is 23.1 Å². The van der Waals surface area contributed by atoms with Crippen LogP contribution in [-0.4, -0.2) is 50.5 Å². The van der Waals surface area contributed by atoms with Crippen LogP contribution in [0.5, 0.6) is 5.75 Å². The first-order chi connectivity index (χ1) is 21.6. The summed E-state index contributed by atoms with van der Waals surface area (Å²) in [5, 5.41) is 11.4. The number of benzene rings is 2. The van der Waals surface area contributed by atoms with Crippen LogP contribution in [0, 0.1) is 23.7 Å². The molecule has 0 saturated heterocycles. The van der Waals surface area contributed by atoms with Gasteiger partial charge in [0.25, 0.3) is 5.91 Å². The lowest BCUT2D eigenvalue weighted by Crippen LogP contribution is -2.49. The highest BCUT2D eigenvalue weighted by molar-refractivity contribution is 7.90. The summed E-state index contributed by atoms with van der Waals surface area (Å²) in [6, 6.07) is 11.5. The van der Waals surface area contributed by atoms with Crippen molar-refractivity contribution in [2.45, 2.75) is 87.9 Å². The normalized spacial score (nSPS) is 33.8. The van der Waals surface area contributed by atoms with Crippen molar-refractivity contribution in [1.29, 1.82) is 0 Å². The van der Waals surface area contributed by atoms with E-state index in [9.17, 15) is 18.3 Å². The Morgan fingerprint density at radius 1 is 1.11 bits per heavy atom. The van der Waals surface area contributed by atoms with Gasteiger partial charge in [-0.2, -0.15) is 0 Å². The number of fused-ring (bicyclic) bond motifs is 4. The number of allylic oxidation sites excluding steroid dienone is 1. The highest BCUT2D eigenvalue weighted by atomic mass is 35.5. The molecule has 7 rings (SSSR count). The predicted octanol–water partition coefficient (Wildman–Crippen LogP) is 6.41. The van der Waals surface area contributed by atoms with Gasteiger partial charge in [-0.15, -0.1) is 0 Å². The fourth-order valence-corrected chi connectivity index (χ4v) is 10.5. The minimum absolute atomic E-state index is 0.131. The third-order valence-electron chi connectivity index (χ3n) is 11.6. The Balaban J connectivity index is 1.27. The minimum Gasteiger partial charge on any atom is -0.490 e. The Morgan fingerprint density at radius 2 is 1.96 bits per heavy atom. The number of carbonyl (C=O) groups is 1. The highest BCUT2D eigenvalue weighted by Gasteiger charge is 2.44. The van der Waals surface area contributed by atoms with E-state index in [1.165, 1.54) is 11.1 Å². The first kappa shape index (κ1) is 31.1. The van der Waals surface area contributed by atoms with E-state index >= 15 is 0 Å². The Hall–Kier alpha value is -2.55. The van der Waals surface area contributed by atoms with Crippen LogP contribution in [0.2, 0.25) is 5.02 Å². The largest absolute Gasteiger partial charge is 0.490 e. The van der Waals surface area contributed by atoms with Crippen molar-refractivity contribution in [3.05, 3.63) is 70.3 Å². The number of hydrogen-bond acceptors (Lipinski definition) is 6. The molecular weight excluding hydrogens is 608 g/mol. The molecule has 2 fully saturated rings. The van der Waals surface area contributed by atoms with Crippen LogP contribution in [0.25, 0.3) is 0 Å². The zero-order chi connectivity index (χ0) is 31.3. The predicted molar refractivity (Wildman–Crippen MR) is 177 cm³/mol. The van der Waals surface area contributed by atoms with Crippen LogP contribution >= 0.6 is 11.6 Å². The van der Waals surface area contributed by atoms with Gasteiger partial charge in [-0.3, -0.25) is 4.79 Å². The number of hydrogen-bond donors (Lipinski definition) is 2. The van der Waals surface area contributed by atoms with E-state index in [0.29, 0.717) is 43.2 Å². The van der Waals surface area contributed by atoms with E-state index in [1.54, 1.807) is 6.07 Å². The van der Waals surface area contributed by atoms with Crippen molar-refractivity contribution in [2.24, 2.45) is 23.7 Å². The molecule has 6 atom stereocenters. The summed E-state index contributed by atoms with van der Waals surface area (Å²) in [7, 11) is -3.94. The summed E-state index contributed by atoms with van der Waals surface area (Å²) in [5.41, 5.74) is 3.38. The van der Waals surface area contributed by atoms with Gasteiger partial charge in [0, 0.05) is 29.1 Å². The quantitative estimate of drug-likeness (QED) is 0.364. The standard InChI is InChI=1S/C36H45ClN2O5S/c1-23-5-2-9-32(40)29-13-10-27(29)20-39-21-36(16-4-8-25-18-28(37)12-14-30(25)36)22-44-33-15-11-26(19-31(33)39)35(41)38-45(42,43)34(23)17-24-6-3-7-24/h2,9,11-12,14-15,18-19,23-24,27,29,32,34,40H,3-8,10,13,16-17,20-22H2,1H3,(H,38,41)/b9-2+/t23-,27+,29-,32+,34?,36+/m1/s1. The average Bonchev–Trinajstić information content (AvgIpc) is 3.10. The third-order valence-corrected chi connectivity index (χ3v) is 13.7. The number of aliphatic hydroxyl groups is 1. The monoisotopic (exact) mass is 652 g/mol. The molecule has 2 heterocycles. The van der Waals surface area contributed by atoms with Gasteiger partial charge in [-0.05, 0) is 110 Å². The summed E-state index contributed by atoms with van der Waals surface area (Å²) in [4.78, 5) is 16.0. The zero-order valence-electron chi connectivity index (χ0n) is 26.1. The van der Waals surface area contributed by atoms with Crippen LogP contribution in [0.1, 0.15) is 86.2 Å². The SMILES string of the molecule is C[C@@H]1C/C=C/[C@H](O)[C@@H]2CC[C@H]2CN2C[C@@]3(CCCc4cc(Cl)ccc43)COc3ccc(cc32)C(=O)NS(=O)(=O)C1CC1CCC1. The second-order valence-corrected chi connectivity index (χ2v) is 16.8. The van der Waals surface area contributed by atoms with Gasteiger partial charge in [0.15, 0.2) is 0 Å². The van der Waals surface area contributed by atoms with Crippen LogP contribution < -0.4 is 14.4 Å². The molecule has 2 bridgehead atoms. The van der Waals surface area contributed by atoms with Gasteiger partial charge in [-0.1, -0.05) is 56.0 Å². The van der Waals surface area contributed by atoms with Gasteiger partial charge < -0.3 is 14.7 Å². The van der Waals surface area contributed by atoms with E-state index < -0.39 is 27.3 Å². The molecular formula is C36H45ClN2O5S. The number of aliphatic hydroxyl groups excluding tert-OH is 1. The zero-order valence-corrected chi connectivity index (χ0v) is 27.7. The van der Waals surface area contributed by atoms with Crippen LogP contribution in [0.15, 0.2) is 48.6 Å². The summed E-state index contributed by atoms with van der Waals surface area (Å²) in [6.45, 7) is 3.88. The van der Waals surface area contributed by atoms with E-state index in [-0.39, 0.29) is 23.2 Å². The summed E-state index contributed by atoms with van der Waals surface area (Å²) >= 11 is 6.41. The molecule has 1 spiro atoms. The van der Waals surface area contributed by atoms with Gasteiger partial charge >= 0.3 is 0 Å². The summed E-state index contributed by atoms with van der Waals surface area (Å²) in [5.74, 6) is 0.694. The van der Waals surface area contributed by atoms with Crippen molar-refractivity contribution in [1.82, 2.24) is 4.72 Å². The van der Waals surface area contributed by atoms with E-state index in [4.69, 9.17) is 16.3 Å². The van der Waals surface area contributed by atoms with Crippen LogP contribution in [0.3, 0.4) is 0 Å². The first-order valence-electron chi connectivity index (χ1n) is 16.8. The molecule has 7 nitrogen and oxygen atoms in total. The number of sulfonamides is 1. The maximum absolute atomic E-state index is 13.8. The Morgan fingerprint density at radius 3 is 2.71 bits per heavy atom. The lowest BCUT2D eigenvalue weighted by molar-refractivity contribution is 0.0455. The topological polar surface area (TPSA) is 95.9 Å². The average molecular weight is 653 g/mol. The third kappa shape index (κ3) is 6.03. The van der Waals surface area contributed by atoms with E-state index in [1.807, 2.05) is 37.3 Å². The Bertz CT molecular complexity index is 1590. The molecule has 9 heteroatoms. The Kier molecular flexibility index (Phi) is 8.45. The number of aryl methyl sites for hydroxylation is 1. The smallest absolute Gasteiger partial charge is 0.264 e. The van der Waals surface area contributed by atoms with Crippen LogP contribution in [0.4, 0.5) is 5.69 Å². The number of nitrogens with zero attached hydrogens (tertiary/aromatic N) is 1. The number of ether oxygens (including phenoxy) is 1. The maximum atomic E-state index is 13.8. The fourth-order valence-electron chi connectivity index (χ4n) is 8.52. The van der Waals surface area contributed by atoms with Crippen molar-refractivity contribution in [3.63, 3.8) is 0 Å². The molecule has 1 unspecified atom stereocenters. The second-order valence-electron chi connectivity index (χ2n) is 14.5. The molecule has 2 aromatic rings. The minimum atomic E-state index is -3.94. The van der Waals surface area contributed by atoms with Crippen molar-refractivity contribution in [2.75, 3.05) is 24.6 Å². The summed E-state index contributed by atoms with van der Waals surface area (Å²) in [6.07, 6.45) is 12.5. The van der Waals surface area contributed by atoms with Gasteiger partial charge in [0.1, 0.15) is 5.75 Å². The molecule has 2 saturated carbocycles. The Labute approximate surface area is 272 Å². The molecule has 0 aromatic heterocycles. The van der Waals surface area contributed by atoms with Gasteiger partial charge in [0.05, 0.1) is 23.6 Å². The molecule has 2 N–H and O–H groups in total. The fraction of sp³-hybridized carbons (Fsp3) is 0.583. The molecule has 3 aliphatic carbocycles. The van der Waals surface area contributed by atoms with Crippen molar-refractivity contribution in [3.8, 4) is 5.75 Å². The first-order valence-corrected chi connectivity index (χ1v) is 18.8. The molecule has 1 amide bonds. The highest BCUT2D eigenvalue weighted by Crippen LogP contribution is 2.47. The molecule has 5 aliphatic rings. The molecule has 2 aromatic carbocycles. The molecule has 2 aliphatic heterocycles. The van der Waals surface area contributed by atoms with E-state index in [0.717, 1.165) is 68.6 Å². The van der Waals surface area contributed by atoms with Gasteiger partial charge in [0.2, 0.25) is 10.0 Å². The molecule has 242 valence electrons. The molecule has 0 radical (unpaired) electrons. The maximum Gasteiger partial charge on any atom is 0.264 e. The number of amides is 1. The lowest BCUT2D eigenvalue weighted by Gasteiger charge is -2.45. The van der Waals surface area contributed by atoms with Crippen LogP contribution in [-0.2, 0) is 21.9 Å². The second kappa shape index (κ2) is 12.2. The number of halogens is 1. The summed E-state index contributed by atoms with van der Waals surface area (Å²) < 4.78 is 36.6. The number of rotatable bonds is 2. The number of anilines is 1. The van der Waals surface area contributed by atoms with Crippen molar-refractivity contribution >= 4 is 33.2 Å². The molecule has 45 heavy (non-hydrogen) atoms. The lowest BCUT2D eigenvalue weighted by atomic mass is 9.68. The number of carbonyl (C=O) groups excluding carboxylic acids is 1.